The van der Waals surface area contributed by atoms with Crippen LogP contribution in [0, 0.1) is 6.92 Å². The number of benzene rings is 1. The second-order valence-corrected chi connectivity index (χ2v) is 5.44. The molecule has 0 atom stereocenters. The molecule has 0 bridgehead atoms. The van der Waals surface area contributed by atoms with Crippen LogP contribution in [-0.2, 0) is 4.74 Å². The summed E-state index contributed by atoms with van der Waals surface area (Å²) in [5.74, 6) is -0.419. The number of aromatic nitrogens is 1. The van der Waals surface area contributed by atoms with Gasteiger partial charge in [0.25, 0.3) is 0 Å². The molecule has 0 aliphatic carbocycles. The Bertz CT molecular complexity index is 673. The quantitative estimate of drug-likeness (QED) is 0.576. The average molecular weight is 357 g/mol. The second kappa shape index (κ2) is 9.06. The van der Waals surface area contributed by atoms with E-state index in [0.29, 0.717) is 17.5 Å². The number of hydrogen-bond acceptors (Lipinski definition) is 4. The molecular formula is C17H22Cl2N2O2. The summed E-state index contributed by atoms with van der Waals surface area (Å²) in [6.07, 6.45) is 0. The van der Waals surface area contributed by atoms with Crippen LogP contribution < -0.4 is 0 Å². The molecule has 0 amide bonds. The van der Waals surface area contributed by atoms with E-state index in [4.69, 9.17) is 16.3 Å². The summed E-state index contributed by atoms with van der Waals surface area (Å²) in [6, 6.07) is 7.65. The lowest BCUT2D eigenvalue weighted by Gasteiger charge is -2.17. The van der Waals surface area contributed by atoms with Gasteiger partial charge in [0.2, 0.25) is 0 Å². The molecule has 0 N–H and O–H groups in total. The zero-order valence-electron chi connectivity index (χ0n) is 13.6. The first-order valence-corrected chi connectivity index (χ1v) is 7.90. The molecule has 4 nitrogen and oxygen atoms in total. The Morgan fingerprint density at radius 3 is 2.43 bits per heavy atom. The van der Waals surface area contributed by atoms with E-state index in [-0.39, 0.29) is 12.4 Å². The SMILES string of the molecule is CCN(CC)CCOC(=O)c1nc(Cl)c2ccccc2c1C.Cl. The molecule has 1 aromatic heterocycles. The van der Waals surface area contributed by atoms with Crippen LogP contribution in [0.1, 0.15) is 29.9 Å². The first kappa shape index (κ1) is 19.7. The lowest BCUT2D eigenvalue weighted by Crippen LogP contribution is -2.28. The van der Waals surface area contributed by atoms with Gasteiger partial charge in [-0.25, -0.2) is 9.78 Å². The summed E-state index contributed by atoms with van der Waals surface area (Å²) < 4.78 is 5.35. The molecule has 126 valence electrons. The number of carbonyl (C=O) groups is 1. The summed E-state index contributed by atoms with van der Waals surface area (Å²) >= 11 is 6.18. The molecule has 0 saturated heterocycles. The van der Waals surface area contributed by atoms with Crippen molar-refractivity contribution in [2.75, 3.05) is 26.2 Å². The Morgan fingerprint density at radius 1 is 1.22 bits per heavy atom. The van der Waals surface area contributed by atoms with Crippen molar-refractivity contribution in [1.29, 1.82) is 0 Å². The van der Waals surface area contributed by atoms with Crippen molar-refractivity contribution < 1.29 is 9.53 Å². The fourth-order valence-electron chi connectivity index (χ4n) is 2.43. The minimum absolute atomic E-state index is 0. The van der Waals surface area contributed by atoms with Gasteiger partial charge in [-0.15, -0.1) is 12.4 Å². The molecule has 0 fully saturated rings. The first-order chi connectivity index (χ1) is 10.6. The molecule has 6 heteroatoms. The highest BCUT2D eigenvalue weighted by Gasteiger charge is 2.17. The van der Waals surface area contributed by atoms with Crippen LogP contribution in [0.15, 0.2) is 24.3 Å². The van der Waals surface area contributed by atoms with Crippen molar-refractivity contribution in [3.63, 3.8) is 0 Å². The zero-order valence-corrected chi connectivity index (χ0v) is 15.2. The third-order valence-electron chi connectivity index (χ3n) is 3.85. The predicted octanol–water partition coefficient (Wildman–Crippen LogP) is 4.12. The second-order valence-electron chi connectivity index (χ2n) is 5.08. The Balaban J connectivity index is 0.00000264. The van der Waals surface area contributed by atoms with E-state index >= 15 is 0 Å². The first-order valence-electron chi connectivity index (χ1n) is 7.52. The molecule has 0 saturated carbocycles. The van der Waals surface area contributed by atoms with Crippen LogP contribution in [0.2, 0.25) is 5.15 Å². The van der Waals surface area contributed by atoms with E-state index < -0.39 is 5.97 Å². The molecule has 0 aliphatic rings. The Kier molecular flexibility index (Phi) is 7.76. The van der Waals surface area contributed by atoms with Gasteiger partial charge in [-0.3, -0.25) is 0 Å². The van der Waals surface area contributed by atoms with Crippen LogP contribution in [0.3, 0.4) is 0 Å². The maximum Gasteiger partial charge on any atom is 0.357 e. The minimum atomic E-state index is -0.419. The van der Waals surface area contributed by atoms with Crippen molar-refractivity contribution in [2.45, 2.75) is 20.8 Å². The number of pyridine rings is 1. The Labute approximate surface area is 148 Å². The molecular weight excluding hydrogens is 335 g/mol. The van der Waals surface area contributed by atoms with Crippen LogP contribution in [0.25, 0.3) is 10.8 Å². The van der Waals surface area contributed by atoms with Gasteiger partial charge in [0.05, 0.1) is 0 Å². The highest BCUT2D eigenvalue weighted by atomic mass is 35.5. The number of halogens is 2. The lowest BCUT2D eigenvalue weighted by molar-refractivity contribution is 0.0459. The average Bonchev–Trinajstić information content (AvgIpc) is 2.55. The third kappa shape index (κ3) is 4.56. The molecule has 23 heavy (non-hydrogen) atoms. The molecule has 0 unspecified atom stereocenters. The molecule has 0 radical (unpaired) electrons. The summed E-state index contributed by atoms with van der Waals surface area (Å²) in [5.41, 5.74) is 1.09. The third-order valence-corrected chi connectivity index (χ3v) is 4.14. The number of nitrogens with zero attached hydrogens (tertiary/aromatic N) is 2. The molecule has 0 aliphatic heterocycles. The van der Waals surface area contributed by atoms with Crippen molar-refractivity contribution in [2.24, 2.45) is 0 Å². The monoisotopic (exact) mass is 356 g/mol. The van der Waals surface area contributed by atoms with Crippen LogP contribution in [0.4, 0.5) is 0 Å². The van der Waals surface area contributed by atoms with E-state index in [9.17, 15) is 4.79 Å². The summed E-state index contributed by atoms with van der Waals surface area (Å²) in [6.45, 7) is 8.98. The zero-order chi connectivity index (χ0) is 16.1. The predicted molar refractivity (Wildman–Crippen MR) is 96.8 cm³/mol. The van der Waals surface area contributed by atoms with Gasteiger partial charge in [-0.05, 0) is 31.0 Å². The van der Waals surface area contributed by atoms with Crippen molar-refractivity contribution in [3.8, 4) is 0 Å². The molecule has 0 spiro atoms. The number of carbonyl (C=O) groups excluding carboxylic acids is 1. The van der Waals surface area contributed by atoms with Gasteiger partial charge in [0.15, 0.2) is 5.69 Å². The highest BCUT2D eigenvalue weighted by Crippen LogP contribution is 2.26. The number of ether oxygens (including phenoxy) is 1. The van der Waals surface area contributed by atoms with Gasteiger partial charge in [0, 0.05) is 11.9 Å². The van der Waals surface area contributed by atoms with E-state index in [1.807, 2.05) is 31.2 Å². The number of esters is 1. The summed E-state index contributed by atoms with van der Waals surface area (Å²) in [4.78, 5) is 18.7. The van der Waals surface area contributed by atoms with Gasteiger partial charge in [0.1, 0.15) is 11.8 Å². The lowest BCUT2D eigenvalue weighted by atomic mass is 10.1. The van der Waals surface area contributed by atoms with E-state index in [0.717, 1.165) is 36.0 Å². The standard InChI is InChI=1S/C17H21ClN2O2.ClH/c1-4-20(5-2)10-11-22-17(21)15-12(3)13-8-6-7-9-14(13)16(18)19-15;/h6-9H,4-5,10-11H2,1-3H3;1H. The molecule has 2 rings (SSSR count). The summed E-state index contributed by atoms with van der Waals surface area (Å²) in [5, 5.41) is 2.11. The number of hydrogen-bond donors (Lipinski definition) is 0. The number of aryl methyl sites for hydroxylation is 1. The van der Waals surface area contributed by atoms with E-state index in [1.165, 1.54) is 0 Å². The van der Waals surface area contributed by atoms with Crippen molar-refractivity contribution in [3.05, 3.63) is 40.7 Å². The number of rotatable bonds is 6. The molecule has 1 aromatic carbocycles. The van der Waals surface area contributed by atoms with Crippen molar-refractivity contribution in [1.82, 2.24) is 9.88 Å². The Hall–Kier alpha value is -1.36. The van der Waals surface area contributed by atoms with E-state index in [1.54, 1.807) is 0 Å². The van der Waals surface area contributed by atoms with Gasteiger partial charge >= 0.3 is 5.97 Å². The maximum atomic E-state index is 12.3. The Morgan fingerprint density at radius 2 is 1.83 bits per heavy atom. The maximum absolute atomic E-state index is 12.3. The smallest absolute Gasteiger partial charge is 0.357 e. The van der Waals surface area contributed by atoms with Crippen LogP contribution in [0.5, 0.6) is 0 Å². The van der Waals surface area contributed by atoms with Crippen molar-refractivity contribution >= 4 is 40.7 Å². The van der Waals surface area contributed by atoms with Crippen LogP contribution in [-0.4, -0.2) is 42.1 Å². The van der Waals surface area contributed by atoms with Gasteiger partial charge in [-0.2, -0.15) is 0 Å². The molecule has 1 heterocycles. The fourth-order valence-corrected chi connectivity index (χ4v) is 2.68. The topological polar surface area (TPSA) is 42.4 Å². The molecule has 2 aromatic rings. The largest absolute Gasteiger partial charge is 0.460 e. The van der Waals surface area contributed by atoms with Crippen LogP contribution >= 0.6 is 24.0 Å². The number of fused-ring (bicyclic) bond motifs is 1. The normalized spacial score (nSPS) is 10.7. The summed E-state index contributed by atoms with van der Waals surface area (Å²) in [7, 11) is 0. The van der Waals surface area contributed by atoms with Gasteiger partial charge in [-0.1, -0.05) is 49.7 Å². The number of likely N-dealkylation sites (N-methyl/N-ethyl adjacent to an activating group) is 1. The fraction of sp³-hybridized carbons (Fsp3) is 0.412. The minimum Gasteiger partial charge on any atom is -0.460 e. The highest BCUT2D eigenvalue weighted by molar-refractivity contribution is 6.34. The van der Waals surface area contributed by atoms with E-state index in [2.05, 4.69) is 23.7 Å². The van der Waals surface area contributed by atoms with Gasteiger partial charge < -0.3 is 9.64 Å².